The smallest absolute Gasteiger partial charge is 0.194 e. The molecule has 0 saturated carbocycles. The van der Waals surface area contributed by atoms with Gasteiger partial charge >= 0.3 is 0 Å². The second-order valence-corrected chi connectivity index (χ2v) is 7.12. The summed E-state index contributed by atoms with van der Waals surface area (Å²) in [5, 5.41) is 3.43. The second-order valence-electron chi connectivity index (χ2n) is 7.12. The molecule has 1 unspecified atom stereocenters. The molecule has 0 amide bonds. The quantitative estimate of drug-likeness (QED) is 0.602. The van der Waals surface area contributed by atoms with Crippen molar-refractivity contribution in [1.29, 1.82) is 0 Å². The molecular weight excluding hydrogens is 314 g/mol. The molecule has 6 nitrogen and oxygen atoms in total. The lowest BCUT2D eigenvalue weighted by molar-refractivity contribution is 0.00863. The number of aryl methyl sites for hydroxylation is 1. The Morgan fingerprint density at radius 1 is 1.36 bits per heavy atom. The van der Waals surface area contributed by atoms with E-state index in [0.717, 1.165) is 51.9 Å². The van der Waals surface area contributed by atoms with Crippen LogP contribution in [0, 0.1) is 5.92 Å². The van der Waals surface area contributed by atoms with E-state index in [1.165, 1.54) is 5.69 Å². The highest BCUT2D eigenvalue weighted by molar-refractivity contribution is 5.79. The molecule has 0 spiro atoms. The predicted octanol–water partition coefficient (Wildman–Crippen LogP) is 1.78. The third-order valence-corrected chi connectivity index (χ3v) is 4.86. The second kappa shape index (κ2) is 9.82. The summed E-state index contributed by atoms with van der Waals surface area (Å²) in [6.45, 7) is 12.9. The van der Waals surface area contributed by atoms with Crippen molar-refractivity contribution in [3.8, 4) is 0 Å². The molecule has 0 radical (unpaired) electrons. The van der Waals surface area contributed by atoms with E-state index in [4.69, 9.17) is 9.73 Å². The number of nitrogens with one attached hydrogen (secondary N) is 1. The molecule has 0 bridgehead atoms. The van der Waals surface area contributed by atoms with Gasteiger partial charge in [-0.15, -0.1) is 0 Å². The van der Waals surface area contributed by atoms with Crippen LogP contribution < -0.4 is 5.32 Å². The first-order valence-corrected chi connectivity index (χ1v) is 9.44. The van der Waals surface area contributed by atoms with E-state index in [1.54, 1.807) is 0 Å². The van der Waals surface area contributed by atoms with Gasteiger partial charge in [0, 0.05) is 51.7 Å². The van der Waals surface area contributed by atoms with Crippen molar-refractivity contribution in [3.63, 3.8) is 0 Å². The largest absolute Gasteiger partial charge is 0.379 e. The number of ether oxygens (including phenoxy) is 1. The fraction of sp³-hybridized carbons (Fsp3) is 0.737. The molecule has 1 aliphatic heterocycles. The number of aliphatic imine (C=N–C) groups is 1. The van der Waals surface area contributed by atoms with Crippen LogP contribution in [0.2, 0.25) is 0 Å². The molecule has 0 aromatic carbocycles. The maximum atomic E-state index is 5.50. The number of hydrogen-bond acceptors (Lipinski definition) is 3. The minimum absolute atomic E-state index is 0.459. The van der Waals surface area contributed by atoms with Crippen LogP contribution in [0.3, 0.4) is 0 Å². The molecule has 1 aromatic rings. The van der Waals surface area contributed by atoms with Gasteiger partial charge in [-0.05, 0) is 25.0 Å². The number of nitrogens with zero attached hydrogens (tertiary/aromatic N) is 4. The standard InChI is InChI=1S/C19H35N5O/c1-6-20-19(23(5)15-17-8-7-9-22(17)4)21-14-18(16(2)3)24-10-12-25-13-11-24/h7-9,16,18H,6,10-15H2,1-5H3,(H,20,21). The van der Waals surface area contributed by atoms with Gasteiger partial charge in [0.1, 0.15) is 0 Å². The Morgan fingerprint density at radius 3 is 2.64 bits per heavy atom. The molecule has 1 aromatic heterocycles. The van der Waals surface area contributed by atoms with E-state index in [1.807, 2.05) is 0 Å². The van der Waals surface area contributed by atoms with Crippen LogP contribution in [0.5, 0.6) is 0 Å². The average Bonchev–Trinajstić information content (AvgIpc) is 2.99. The lowest BCUT2D eigenvalue weighted by Gasteiger charge is -2.36. The van der Waals surface area contributed by atoms with Crippen molar-refractivity contribution in [3.05, 3.63) is 24.0 Å². The molecule has 6 heteroatoms. The van der Waals surface area contributed by atoms with Crippen LogP contribution in [-0.4, -0.2) is 72.8 Å². The molecule has 1 aliphatic rings. The summed E-state index contributed by atoms with van der Waals surface area (Å²) in [4.78, 5) is 9.69. The average molecular weight is 350 g/mol. The lowest BCUT2D eigenvalue weighted by Crippen LogP contribution is -2.48. The lowest BCUT2D eigenvalue weighted by atomic mass is 10.0. The summed E-state index contributed by atoms with van der Waals surface area (Å²) in [7, 11) is 4.19. The van der Waals surface area contributed by atoms with E-state index in [-0.39, 0.29) is 0 Å². The van der Waals surface area contributed by atoms with Crippen LogP contribution in [-0.2, 0) is 18.3 Å². The minimum atomic E-state index is 0.459. The van der Waals surface area contributed by atoms with Gasteiger partial charge in [-0.3, -0.25) is 9.89 Å². The summed E-state index contributed by atoms with van der Waals surface area (Å²) >= 11 is 0. The number of hydrogen-bond donors (Lipinski definition) is 1. The van der Waals surface area contributed by atoms with E-state index in [0.29, 0.717) is 12.0 Å². The molecule has 1 N–H and O–H groups in total. The SMILES string of the molecule is CCNC(=NCC(C(C)C)N1CCOCC1)N(C)Cc1cccn1C. The zero-order chi connectivity index (χ0) is 18.2. The molecule has 142 valence electrons. The van der Waals surface area contributed by atoms with Gasteiger partial charge in [0.15, 0.2) is 5.96 Å². The normalized spacial score (nSPS) is 17.8. The van der Waals surface area contributed by atoms with Crippen molar-refractivity contribution in [2.45, 2.75) is 33.4 Å². The first-order chi connectivity index (χ1) is 12.0. The van der Waals surface area contributed by atoms with Gasteiger partial charge in [0.05, 0.1) is 26.3 Å². The van der Waals surface area contributed by atoms with Crippen molar-refractivity contribution >= 4 is 5.96 Å². The summed E-state index contributed by atoms with van der Waals surface area (Å²) in [5.41, 5.74) is 1.28. The van der Waals surface area contributed by atoms with Gasteiger partial charge in [0.25, 0.3) is 0 Å². The molecule has 25 heavy (non-hydrogen) atoms. The number of aromatic nitrogens is 1. The van der Waals surface area contributed by atoms with Crippen molar-refractivity contribution in [2.75, 3.05) is 46.4 Å². The summed E-state index contributed by atoms with van der Waals surface area (Å²) in [6.07, 6.45) is 2.08. The van der Waals surface area contributed by atoms with Gasteiger partial charge in [-0.2, -0.15) is 0 Å². The topological polar surface area (TPSA) is 45.0 Å². The Morgan fingerprint density at radius 2 is 2.08 bits per heavy atom. The van der Waals surface area contributed by atoms with E-state index >= 15 is 0 Å². The molecule has 2 heterocycles. The Balaban J connectivity index is 2.04. The van der Waals surface area contributed by atoms with Gasteiger partial charge < -0.3 is 19.5 Å². The third kappa shape index (κ3) is 5.75. The maximum Gasteiger partial charge on any atom is 0.194 e. The molecule has 1 saturated heterocycles. The van der Waals surface area contributed by atoms with Crippen molar-refractivity contribution in [1.82, 2.24) is 19.7 Å². The Bertz CT molecular complexity index is 534. The van der Waals surface area contributed by atoms with E-state index in [2.05, 4.69) is 72.9 Å². The van der Waals surface area contributed by atoms with Crippen molar-refractivity contribution < 1.29 is 4.74 Å². The van der Waals surface area contributed by atoms with Gasteiger partial charge in [0.2, 0.25) is 0 Å². The highest BCUT2D eigenvalue weighted by Gasteiger charge is 2.23. The molecule has 2 rings (SSSR count). The highest BCUT2D eigenvalue weighted by Crippen LogP contribution is 2.14. The van der Waals surface area contributed by atoms with Crippen molar-refractivity contribution in [2.24, 2.45) is 18.0 Å². The van der Waals surface area contributed by atoms with E-state index in [9.17, 15) is 0 Å². The van der Waals surface area contributed by atoms with Gasteiger partial charge in [-0.1, -0.05) is 13.8 Å². The summed E-state index contributed by atoms with van der Waals surface area (Å²) in [6, 6.07) is 4.70. The number of morpholine rings is 1. The molecule has 0 aliphatic carbocycles. The zero-order valence-electron chi connectivity index (χ0n) is 16.5. The number of rotatable bonds is 7. The van der Waals surface area contributed by atoms with Crippen LogP contribution >= 0.6 is 0 Å². The summed E-state index contributed by atoms with van der Waals surface area (Å²) in [5.74, 6) is 1.55. The Kier molecular flexibility index (Phi) is 7.78. The molecule has 1 fully saturated rings. The zero-order valence-corrected chi connectivity index (χ0v) is 16.5. The summed E-state index contributed by atoms with van der Waals surface area (Å²) < 4.78 is 7.66. The maximum absolute atomic E-state index is 5.50. The highest BCUT2D eigenvalue weighted by atomic mass is 16.5. The minimum Gasteiger partial charge on any atom is -0.379 e. The third-order valence-electron chi connectivity index (χ3n) is 4.86. The van der Waals surface area contributed by atoms with E-state index < -0.39 is 0 Å². The first-order valence-electron chi connectivity index (χ1n) is 9.44. The number of guanidine groups is 1. The monoisotopic (exact) mass is 349 g/mol. The fourth-order valence-electron chi connectivity index (χ4n) is 3.29. The van der Waals surface area contributed by atoms with Crippen LogP contribution in [0.4, 0.5) is 0 Å². The van der Waals surface area contributed by atoms with Gasteiger partial charge in [-0.25, -0.2) is 0 Å². The molecular formula is C19H35N5O. The fourth-order valence-corrected chi connectivity index (χ4v) is 3.29. The van der Waals surface area contributed by atoms with Crippen LogP contribution in [0.15, 0.2) is 23.3 Å². The van der Waals surface area contributed by atoms with Crippen LogP contribution in [0.25, 0.3) is 0 Å². The first kappa shape index (κ1) is 19.8. The predicted molar refractivity (Wildman–Crippen MR) is 104 cm³/mol. The Labute approximate surface area is 152 Å². The van der Waals surface area contributed by atoms with Crippen LogP contribution in [0.1, 0.15) is 26.5 Å². The Hall–Kier alpha value is -1.53. The molecule has 1 atom stereocenters.